The summed E-state index contributed by atoms with van der Waals surface area (Å²) in [6, 6.07) is 6.59. The Labute approximate surface area is 185 Å². The third-order valence-electron chi connectivity index (χ3n) is 6.50. The minimum Gasteiger partial charge on any atom is -0.337 e. The van der Waals surface area contributed by atoms with E-state index in [1.54, 1.807) is 20.8 Å². The third-order valence-corrected chi connectivity index (χ3v) is 7.36. The molecule has 0 aromatic carbocycles. The summed E-state index contributed by atoms with van der Waals surface area (Å²) in [6.07, 6.45) is 4.09. The first-order valence-corrected chi connectivity index (χ1v) is 12.1. The van der Waals surface area contributed by atoms with Gasteiger partial charge in [-0.05, 0) is 30.8 Å². The number of thiophene rings is 1. The number of aromatic nitrogens is 3. The van der Waals surface area contributed by atoms with Crippen molar-refractivity contribution in [3.05, 3.63) is 55.8 Å². The molecule has 1 fully saturated rings. The number of hydrogen-bond acceptors (Lipinski definition) is 5. The molecule has 0 radical (unpaired) electrons. The lowest BCUT2D eigenvalue weighted by atomic mass is 9.99. The fourth-order valence-electron chi connectivity index (χ4n) is 4.86. The summed E-state index contributed by atoms with van der Waals surface area (Å²) in [5.41, 5.74) is 3.14. The zero-order valence-electron chi connectivity index (χ0n) is 18.1. The molecule has 1 amide bonds. The van der Waals surface area contributed by atoms with Crippen molar-refractivity contribution in [1.29, 1.82) is 0 Å². The molecule has 8 heteroatoms. The molecule has 0 bridgehead atoms. The zero-order valence-corrected chi connectivity index (χ0v) is 19.0. The lowest BCUT2D eigenvalue weighted by Gasteiger charge is -2.34. The van der Waals surface area contributed by atoms with Crippen molar-refractivity contribution in [2.45, 2.75) is 58.7 Å². The highest BCUT2D eigenvalue weighted by atomic mass is 32.1. The van der Waals surface area contributed by atoms with Crippen molar-refractivity contribution in [2.24, 2.45) is 5.92 Å². The van der Waals surface area contributed by atoms with Gasteiger partial charge in [-0.1, -0.05) is 26.3 Å². The van der Waals surface area contributed by atoms with Crippen LogP contribution in [0.4, 0.5) is 0 Å². The quantitative estimate of drug-likeness (QED) is 0.677. The molecule has 3 aromatic heterocycles. The predicted octanol–water partition coefficient (Wildman–Crippen LogP) is 3.35. The average molecular weight is 440 g/mol. The summed E-state index contributed by atoms with van der Waals surface area (Å²) in [5, 5.41) is 5.48. The van der Waals surface area contributed by atoms with E-state index in [2.05, 4.69) is 27.5 Å². The Bertz CT molecular complexity index is 1150. The van der Waals surface area contributed by atoms with Gasteiger partial charge in [-0.15, -0.1) is 11.3 Å². The summed E-state index contributed by atoms with van der Waals surface area (Å²) in [6.45, 7) is 6.77. The number of fused-ring (bicyclic) bond motifs is 2. The van der Waals surface area contributed by atoms with Crippen LogP contribution in [0.5, 0.6) is 0 Å². The SMILES string of the molecule is CC(C)C(=O)N1CCc2nc3cc([C@@H]4CCCCN4Cc4cccs4)[nH]n3c(=O)c2C1. The molecule has 2 aliphatic rings. The Morgan fingerprint density at radius 2 is 2.19 bits per heavy atom. The highest BCUT2D eigenvalue weighted by Crippen LogP contribution is 2.32. The Morgan fingerprint density at radius 1 is 1.32 bits per heavy atom. The van der Waals surface area contributed by atoms with Crippen molar-refractivity contribution in [2.75, 3.05) is 13.1 Å². The van der Waals surface area contributed by atoms with Gasteiger partial charge in [0.25, 0.3) is 5.56 Å². The molecule has 31 heavy (non-hydrogen) atoms. The van der Waals surface area contributed by atoms with Crippen LogP contribution in [0, 0.1) is 5.92 Å². The number of nitrogens with one attached hydrogen (secondary N) is 1. The molecule has 0 unspecified atom stereocenters. The molecule has 1 N–H and O–H groups in total. The number of hydrogen-bond donors (Lipinski definition) is 1. The van der Waals surface area contributed by atoms with Crippen LogP contribution in [0.15, 0.2) is 28.4 Å². The van der Waals surface area contributed by atoms with Gasteiger partial charge in [0.2, 0.25) is 5.91 Å². The highest BCUT2D eigenvalue weighted by Gasteiger charge is 2.29. The molecule has 1 atom stereocenters. The van der Waals surface area contributed by atoms with E-state index in [-0.39, 0.29) is 23.4 Å². The fourth-order valence-corrected chi connectivity index (χ4v) is 5.59. The Balaban J connectivity index is 1.47. The van der Waals surface area contributed by atoms with E-state index >= 15 is 0 Å². The van der Waals surface area contributed by atoms with E-state index in [4.69, 9.17) is 4.98 Å². The Hall–Kier alpha value is -2.45. The number of rotatable bonds is 4. The van der Waals surface area contributed by atoms with Gasteiger partial charge in [0.1, 0.15) is 0 Å². The standard InChI is InChI=1S/C23H29N5O2S/c1-15(2)22(29)27-10-8-18-17(14-27)23(30)28-21(24-18)12-19(25-28)20-7-3-4-9-26(20)13-16-6-5-11-31-16/h5-6,11-12,15,20,25H,3-4,7-10,13-14H2,1-2H3/t20-/m0/s1. The Morgan fingerprint density at radius 3 is 2.97 bits per heavy atom. The minimum absolute atomic E-state index is 0.0706. The largest absolute Gasteiger partial charge is 0.337 e. The second kappa shape index (κ2) is 8.24. The van der Waals surface area contributed by atoms with E-state index in [1.165, 1.54) is 17.7 Å². The van der Waals surface area contributed by atoms with Crippen molar-refractivity contribution in [1.82, 2.24) is 24.4 Å². The van der Waals surface area contributed by atoms with Crippen LogP contribution >= 0.6 is 11.3 Å². The van der Waals surface area contributed by atoms with E-state index in [0.717, 1.165) is 30.9 Å². The number of nitrogens with zero attached hydrogens (tertiary/aromatic N) is 4. The monoisotopic (exact) mass is 439 g/mol. The average Bonchev–Trinajstić information content (AvgIpc) is 3.43. The van der Waals surface area contributed by atoms with Gasteiger partial charge in [0.05, 0.1) is 29.5 Å². The number of carbonyl (C=O) groups excluding carboxylic acids is 1. The summed E-state index contributed by atoms with van der Waals surface area (Å²) in [5.74, 6) is 0.0208. The highest BCUT2D eigenvalue weighted by molar-refractivity contribution is 7.09. The van der Waals surface area contributed by atoms with Crippen LogP contribution in [0.1, 0.15) is 61.0 Å². The second-order valence-corrected chi connectivity index (χ2v) is 10.0. The minimum atomic E-state index is -0.0758. The second-order valence-electron chi connectivity index (χ2n) is 8.97. The molecule has 164 valence electrons. The predicted molar refractivity (Wildman–Crippen MR) is 121 cm³/mol. The molecule has 2 aliphatic heterocycles. The number of piperidine rings is 1. The number of likely N-dealkylation sites (tertiary alicyclic amines) is 1. The Kier molecular flexibility index (Phi) is 5.44. The first kappa shape index (κ1) is 20.5. The van der Waals surface area contributed by atoms with Crippen LogP contribution in [0.2, 0.25) is 0 Å². The molecule has 7 nitrogen and oxygen atoms in total. The van der Waals surface area contributed by atoms with Crippen LogP contribution in [-0.2, 0) is 24.3 Å². The van der Waals surface area contributed by atoms with Gasteiger partial charge in [-0.2, -0.15) is 0 Å². The topological polar surface area (TPSA) is 73.7 Å². The fraction of sp³-hybridized carbons (Fsp3) is 0.522. The van der Waals surface area contributed by atoms with Gasteiger partial charge in [0, 0.05) is 36.4 Å². The zero-order chi connectivity index (χ0) is 21.5. The van der Waals surface area contributed by atoms with E-state index in [0.29, 0.717) is 30.7 Å². The number of H-pyrrole nitrogens is 1. The number of aromatic amines is 1. The summed E-state index contributed by atoms with van der Waals surface area (Å²) in [4.78, 5) is 36.2. The molecule has 1 saturated heterocycles. The first-order valence-electron chi connectivity index (χ1n) is 11.2. The number of carbonyl (C=O) groups is 1. The van der Waals surface area contributed by atoms with Crippen molar-refractivity contribution in [3.8, 4) is 0 Å². The maximum absolute atomic E-state index is 13.3. The summed E-state index contributed by atoms with van der Waals surface area (Å²) in [7, 11) is 0. The van der Waals surface area contributed by atoms with Crippen LogP contribution in [0.3, 0.4) is 0 Å². The maximum atomic E-state index is 13.3. The van der Waals surface area contributed by atoms with E-state index in [9.17, 15) is 9.59 Å². The molecule has 5 rings (SSSR count). The van der Waals surface area contributed by atoms with Crippen molar-refractivity contribution >= 4 is 22.9 Å². The van der Waals surface area contributed by atoms with Crippen molar-refractivity contribution < 1.29 is 4.79 Å². The molecular weight excluding hydrogens is 410 g/mol. The number of amides is 1. The summed E-state index contributed by atoms with van der Waals surface area (Å²) < 4.78 is 1.58. The van der Waals surface area contributed by atoms with E-state index < -0.39 is 0 Å². The lowest BCUT2D eigenvalue weighted by molar-refractivity contribution is -0.135. The lowest BCUT2D eigenvalue weighted by Crippen LogP contribution is -2.41. The normalized spacial score (nSPS) is 19.8. The van der Waals surface area contributed by atoms with Gasteiger partial charge in [0.15, 0.2) is 5.65 Å². The molecule has 3 aromatic rings. The van der Waals surface area contributed by atoms with Crippen LogP contribution < -0.4 is 5.56 Å². The maximum Gasteiger partial charge on any atom is 0.277 e. The first-order chi connectivity index (χ1) is 15.0. The third kappa shape index (κ3) is 3.83. The van der Waals surface area contributed by atoms with Gasteiger partial charge >= 0.3 is 0 Å². The van der Waals surface area contributed by atoms with Crippen LogP contribution in [-0.4, -0.2) is 43.4 Å². The molecule has 0 spiro atoms. The van der Waals surface area contributed by atoms with Crippen LogP contribution in [0.25, 0.3) is 5.65 Å². The van der Waals surface area contributed by atoms with Crippen molar-refractivity contribution in [3.63, 3.8) is 0 Å². The van der Waals surface area contributed by atoms with Gasteiger partial charge in [-0.3, -0.25) is 19.6 Å². The molecule has 0 saturated carbocycles. The molecular formula is C23H29N5O2S. The summed E-state index contributed by atoms with van der Waals surface area (Å²) >= 11 is 1.79. The molecule has 0 aliphatic carbocycles. The smallest absolute Gasteiger partial charge is 0.277 e. The van der Waals surface area contributed by atoms with Gasteiger partial charge < -0.3 is 4.90 Å². The molecule has 5 heterocycles. The van der Waals surface area contributed by atoms with E-state index in [1.807, 2.05) is 19.9 Å². The van der Waals surface area contributed by atoms with Gasteiger partial charge in [-0.25, -0.2) is 9.50 Å².